The van der Waals surface area contributed by atoms with E-state index in [1.54, 1.807) is 0 Å². The molecule has 0 fully saturated rings. The standard InChI is InChI=1S/C11H14ClN3/c12-8-4-5-9-10(7-8)15-11(14-9)3-1-2-6-13/h4-5,7H,1-3,6,13H2,(H,14,15). The Labute approximate surface area is 93.6 Å². The van der Waals surface area contributed by atoms with Crippen LogP contribution in [0.15, 0.2) is 18.2 Å². The lowest BCUT2D eigenvalue weighted by Gasteiger charge is -1.93. The second kappa shape index (κ2) is 4.64. The molecule has 0 saturated carbocycles. The van der Waals surface area contributed by atoms with Crippen LogP contribution >= 0.6 is 11.6 Å². The van der Waals surface area contributed by atoms with Gasteiger partial charge in [0.2, 0.25) is 0 Å². The number of rotatable bonds is 4. The number of halogens is 1. The fraction of sp³-hybridized carbons (Fsp3) is 0.364. The summed E-state index contributed by atoms with van der Waals surface area (Å²) in [5.74, 6) is 1.01. The first-order valence-corrected chi connectivity index (χ1v) is 5.51. The van der Waals surface area contributed by atoms with Crippen LogP contribution in [0.2, 0.25) is 5.02 Å². The number of aromatic nitrogens is 2. The third-order valence-corrected chi connectivity index (χ3v) is 2.60. The third-order valence-electron chi connectivity index (χ3n) is 2.36. The van der Waals surface area contributed by atoms with Crippen LogP contribution in [0.5, 0.6) is 0 Å². The molecule has 2 rings (SSSR count). The second-order valence-corrected chi connectivity index (χ2v) is 4.03. The van der Waals surface area contributed by atoms with Gasteiger partial charge in [0.1, 0.15) is 5.82 Å². The van der Waals surface area contributed by atoms with Crippen LogP contribution in [0, 0.1) is 0 Å². The molecule has 0 bridgehead atoms. The highest BCUT2D eigenvalue weighted by molar-refractivity contribution is 6.31. The van der Waals surface area contributed by atoms with Gasteiger partial charge in [-0.05, 0) is 37.6 Å². The summed E-state index contributed by atoms with van der Waals surface area (Å²) < 4.78 is 0. The van der Waals surface area contributed by atoms with E-state index in [2.05, 4.69) is 9.97 Å². The molecule has 1 heterocycles. The first-order valence-electron chi connectivity index (χ1n) is 5.14. The number of hydrogen-bond donors (Lipinski definition) is 2. The van der Waals surface area contributed by atoms with Gasteiger partial charge in [0.25, 0.3) is 0 Å². The lowest BCUT2D eigenvalue weighted by molar-refractivity contribution is 0.724. The number of nitrogens with two attached hydrogens (primary N) is 1. The highest BCUT2D eigenvalue weighted by atomic mass is 35.5. The molecule has 0 aliphatic rings. The average Bonchev–Trinajstić information content (AvgIpc) is 2.60. The van der Waals surface area contributed by atoms with E-state index in [0.717, 1.165) is 47.7 Å². The Morgan fingerprint density at radius 3 is 3.00 bits per heavy atom. The number of aromatic amines is 1. The van der Waals surface area contributed by atoms with Gasteiger partial charge in [-0.3, -0.25) is 0 Å². The van der Waals surface area contributed by atoms with Crippen LogP contribution in [0.25, 0.3) is 11.0 Å². The lowest BCUT2D eigenvalue weighted by Crippen LogP contribution is -1.99. The van der Waals surface area contributed by atoms with Gasteiger partial charge in [0, 0.05) is 11.4 Å². The molecular formula is C11H14ClN3. The summed E-state index contributed by atoms with van der Waals surface area (Å²) in [7, 11) is 0. The zero-order valence-electron chi connectivity index (χ0n) is 8.46. The molecule has 0 aliphatic heterocycles. The predicted octanol–water partition coefficient (Wildman–Crippen LogP) is 2.50. The highest BCUT2D eigenvalue weighted by Gasteiger charge is 2.02. The summed E-state index contributed by atoms with van der Waals surface area (Å²) in [5, 5.41) is 0.736. The van der Waals surface area contributed by atoms with Gasteiger partial charge in [-0.2, -0.15) is 0 Å². The first-order chi connectivity index (χ1) is 7.29. The number of nitrogens with zero attached hydrogens (tertiary/aromatic N) is 1. The molecule has 1 aromatic carbocycles. The Kier molecular flexibility index (Phi) is 3.23. The maximum absolute atomic E-state index is 5.89. The highest BCUT2D eigenvalue weighted by Crippen LogP contribution is 2.17. The van der Waals surface area contributed by atoms with Crippen LogP contribution in [-0.4, -0.2) is 16.5 Å². The number of H-pyrrole nitrogens is 1. The molecule has 2 aromatic rings. The van der Waals surface area contributed by atoms with Gasteiger partial charge in [0.05, 0.1) is 11.0 Å². The minimum atomic E-state index is 0.736. The average molecular weight is 224 g/mol. The molecule has 4 heteroatoms. The fourth-order valence-electron chi connectivity index (χ4n) is 1.59. The minimum Gasteiger partial charge on any atom is -0.342 e. The molecule has 80 valence electrons. The molecule has 1 aromatic heterocycles. The topological polar surface area (TPSA) is 54.7 Å². The van der Waals surface area contributed by atoms with Gasteiger partial charge in [-0.25, -0.2) is 4.98 Å². The molecule has 0 atom stereocenters. The Morgan fingerprint density at radius 1 is 1.33 bits per heavy atom. The Balaban J connectivity index is 2.16. The SMILES string of the molecule is NCCCCc1nc2ccc(Cl)cc2[nH]1. The summed E-state index contributed by atoms with van der Waals surface area (Å²) in [4.78, 5) is 7.73. The van der Waals surface area contributed by atoms with Crippen molar-refractivity contribution in [1.29, 1.82) is 0 Å². The van der Waals surface area contributed by atoms with Crippen molar-refractivity contribution >= 4 is 22.6 Å². The Morgan fingerprint density at radius 2 is 2.20 bits per heavy atom. The maximum atomic E-state index is 5.89. The number of unbranched alkanes of at least 4 members (excludes halogenated alkanes) is 1. The number of hydrogen-bond acceptors (Lipinski definition) is 2. The van der Waals surface area contributed by atoms with Crippen LogP contribution < -0.4 is 5.73 Å². The monoisotopic (exact) mass is 223 g/mol. The summed E-state index contributed by atoms with van der Waals surface area (Å²) >= 11 is 5.89. The van der Waals surface area contributed by atoms with Gasteiger partial charge in [0.15, 0.2) is 0 Å². The van der Waals surface area contributed by atoms with E-state index in [9.17, 15) is 0 Å². The van der Waals surface area contributed by atoms with Crippen molar-refractivity contribution in [2.24, 2.45) is 5.73 Å². The van der Waals surface area contributed by atoms with Crippen molar-refractivity contribution in [3.8, 4) is 0 Å². The number of benzene rings is 1. The zero-order valence-corrected chi connectivity index (χ0v) is 9.22. The van der Waals surface area contributed by atoms with Gasteiger partial charge in [-0.1, -0.05) is 11.6 Å². The first kappa shape index (κ1) is 10.5. The van der Waals surface area contributed by atoms with E-state index >= 15 is 0 Å². The van der Waals surface area contributed by atoms with E-state index in [-0.39, 0.29) is 0 Å². The van der Waals surface area contributed by atoms with Crippen molar-refractivity contribution in [2.45, 2.75) is 19.3 Å². The number of fused-ring (bicyclic) bond motifs is 1. The van der Waals surface area contributed by atoms with Gasteiger partial charge < -0.3 is 10.7 Å². The number of nitrogens with one attached hydrogen (secondary N) is 1. The van der Waals surface area contributed by atoms with E-state index < -0.39 is 0 Å². The van der Waals surface area contributed by atoms with Gasteiger partial charge in [-0.15, -0.1) is 0 Å². The lowest BCUT2D eigenvalue weighted by atomic mass is 10.2. The van der Waals surface area contributed by atoms with Crippen molar-refractivity contribution in [3.63, 3.8) is 0 Å². The van der Waals surface area contributed by atoms with Crippen molar-refractivity contribution < 1.29 is 0 Å². The molecule has 0 saturated heterocycles. The van der Waals surface area contributed by atoms with Crippen molar-refractivity contribution in [1.82, 2.24) is 9.97 Å². The largest absolute Gasteiger partial charge is 0.342 e. The van der Waals surface area contributed by atoms with E-state index in [1.165, 1.54) is 0 Å². The van der Waals surface area contributed by atoms with E-state index in [0.29, 0.717) is 0 Å². The molecule has 0 unspecified atom stereocenters. The summed E-state index contributed by atoms with van der Waals surface area (Å²) in [5.41, 5.74) is 7.42. The predicted molar refractivity (Wildman–Crippen MR) is 63.1 cm³/mol. The van der Waals surface area contributed by atoms with Crippen LogP contribution in [-0.2, 0) is 6.42 Å². The summed E-state index contributed by atoms with van der Waals surface area (Å²) in [6.07, 6.45) is 3.06. The molecule has 3 nitrogen and oxygen atoms in total. The molecule has 3 N–H and O–H groups in total. The molecule has 0 aliphatic carbocycles. The smallest absolute Gasteiger partial charge is 0.107 e. The van der Waals surface area contributed by atoms with Gasteiger partial charge >= 0.3 is 0 Å². The Bertz CT molecular complexity index is 450. The minimum absolute atomic E-state index is 0.736. The molecule has 0 amide bonds. The molecule has 0 radical (unpaired) electrons. The van der Waals surface area contributed by atoms with E-state index in [4.69, 9.17) is 17.3 Å². The fourth-order valence-corrected chi connectivity index (χ4v) is 1.76. The zero-order chi connectivity index (χ0) is 10.7. The summed E-state index contributed by atoms with van der Waals surface area (Å²) in [6, 6.07) is 5.69. The maximum Gasteiger partial charge on any atom is 0.107 e. The van der Waals surface area contributed by atoms with Crippen LogP contribution in [0.1, 0.15) is 18.7 Å². The van der Waals surface area contributed by atoms with Crippen LogP contribution in [0.4, 0.5) is 0 Å². The summed E-state index contributed by atoms with van der Waals surface area (Å²) in [6.45, 7) is 0.742. The quantitative estimate of drug-likeness (QED) is 0.783. The van der Waals surface area contributed by atoms with Crippen molar-refractivity contribution in [2.75, 3.05) is 6.54 Å². The molecule has 15 heavy (non-hydrogen) atoms. The number of aryl methyl sites for hydroxylation is 1. The third kappa shape index (κ3) is 2.49. The van der Waals surface area contributed by atoms with Crippen molar-refractivity contribution in [3.05, 3.63) is 29.0 Å². The molecular weight excluding hydrogens is 210 g/mol. The second-order valence-electron chi connectivity index (χ2n) is 3.59. The Hall–Kier alpha value is -1.06. The molecule has 0 spiro atoms. The van der Waals surface area contributed by atoms with E-state index in [1.807, 2.05) is 18.2 Å². The van der Waals surface area contributed by atoms with Crippen LogP contribution in [0.3, 0.4) is 0 Å². The number of imidazole rings is 1. The normalized spacial score (nSPS) is 11.1.